The third kappa shape index (κ3) is 6.91. The van der Waals surface area contributed by atoms with Crippen molar-refractivity contribution in [3.05, 3.63) is 105 Å². The van der Waals surface area contributed by atoms with Crippen LogP contribution in [0.2, 0.25) is 10.0 Å². The fourth-order valence-electron chi connectivity index (χ4n) is 4.57. The van der Waals surface area contributed by atoms with Crippen LogP contribution in [0.5, 0.6) is 0 Å². The molecule has 9 nitrogen and oxygen atoms in total. The molecule has 0 aromatic heterocycles. The molecule has 1 aliphatic carbocycles. The molecular weight excluding hydrogens is 555 g/mol. The molecule has 208 valence electrons. The van der Waals surface area contributed by atoms with Gasteiger partial charge in [-0.15, -0.1) is 0 Å². The Kier molecular flexibility index (Phi) is 9.29. The van der Waals surface area contributed by atoms with Gasteiger partial charge in [0.25, 0.3) is 11.8 Å². The minimum Gasteiger partial charge on any atom is -0.480 e. The summed E-state index contributed by atoms with van der Waals surface area (Å²) in [4.78, 5) is 50.0. The van der Waals surface area contributed by atoms with E-state index in [1.807, 2.05) is 61.5 Å². The first kappa shape index (κ1) is 28.9. The number of carboxylic acids is 1. The van der Waals surface area contributed by atoms with Crippen molar-refractivity contribution in [1.29, 1.82) is 0 Å². The van der Waals surface area contributed by atoms with Crippen LogP contribution in [0.1, 0.15) is 62.8 Å². The van der Waals surface area contributed by atoms with Gasteiger partial charge < -0.3 is 26.4 Å². The number of carbonyl (C=O) groups excluding carboxylic acids is 3. The lowest BCUT2D eigenvalue weighted by molar-refractivity contribution is -0.139. The molecule has 3 aromatic carbocycles. The van der Waals surface area contributed by atoms with Crippen molar-refractivity contribution in [1.82, 2.24) is 21.3 Å². The fourth-order valence-corrected chi connectivity index (χ4v) is 5.23. The number of aryl methyl sites for hydroxylation is 1. The Bertz CT molecular complexity index is 1410. The number of rotatable bonds is 9. The number of nitrogens with one attached hydrogen (secondary N) is 4. The molecule has 3 aromatic rings. The summed E-state index contributed by atoms with van der Waals surface area (Å²) in [6, 6.07) is 17.2. The summed E-state index contributed by atoms with van der Waals surface area (Å²) in [5.74, 6) is -2.67. The standard InChI is InChI=1S/C29H28Cl2N4O5/c1-16(17-7-3-2-4-8-17)33-26(36)19-13-21(30)25(22(31)14-19)27(37)34-24(28(38)39)15-32-29(40)35-23-12-11-18-9-5-6-10-20(18)23/h2-10,13-14,16,23-24H,11-12,15H2,1H3,(H,33,36)(H,34,37)(H,38,39)(H2,32,35,40)/t16?,23-,24?/m1/s1. The summed E-state index contributed by atoms with van der Waals surface area (Å²) in [6.45, 7) is 1.44. The van der Waals surface area contributed by atoms with Crippen molar-refractivity contribution in [3.8, 4) is 0 Å². The first-order chi connectivity index (χ1) is 19.1. The molecule has 0 radical (unpaired) electrons. The van der Waals surface area contributed by atoms with Crippen molar-refractivity contribution < 1.29 is 24.3 Å². The molecule has 3 atom stereocenters. The molecule has 4 rings (SSSR count). The highest BCUT2D eigenvalue weighted by atomic mass is 35.5. The van der Waals surface area contributed by atoms with Crippen LogP contribution in [0.4, 0.5) is 4.79 Å². The van der Waals surface area contributed by atoms with Crippen LogP contribution in [0.3, 0.4) is 0 Å². The lowest BCUT2D eigenvalue weighted by Gasteiger charge is -2.19. The lowest BCUT2D eigenvalue weighted by Crippen LogP contribution is -2.50. The maximum absolute atomic E-state index is 12.9. The average Bonchev–Trinajstić information content (AvgIpc) is 3.33. The molecule has 5 N–H and O–H groups in total. The molecule has 40 heavy (non-hydrogen) atoms. The van der Waals surface area contributed by atoms with Crippen molar-refractivity contribution in [3.63, 3.8) is 0 Å². The van der Waals surface area contributed by atoms with E-state index in [1.165, 1.54) is 12.1 Å². The van der Waals surface area contributed by atoms with Gasteiger partial charge in [-0.1, -0.05) is 77.8 Å². The van der Waals surface area contributed by atoms with Crippen LogP contribution in [-0.4, -0.2) is 41.5 Å². The highest BCUT2D eigenvalue weighted by Crippen LogP contribution is 2.30. The van der Waals surface area contributed by atoms with Gasteiger partial charge in [0.2, 0.25) is 0 Å². The lowest BCUT2D eigenvalue weighted by atomic mass is 10.1. The molecule has 11 heteroatoms. The second-order valence-electron chi connectivity index (χ2n) is 9.43. The fraction of sp³-hybridized carbons (Fsp3) is 0.241. The number of hydrogen-bond acceptors (Lipinski definition) is 4. The van der Waals surface area contributed by atoms with Gasteiger partial charge in [0.1, 0.15) is 6.04 Å². The first-order valence-corrected chi connectivity index (χ1v) is 13.4. The summed E-state index contributed by atoms with van der Waals surface area (Å²) in [7, 11) is 0. The van der Waals surface area contributed by atoms with Crippen LogP contribution < -0.4 is 21.3 Å². The van der Waals surface area contributed by atoms with E-state index in [4.69, 9.17) is 23.2 Å². The Balaban J connectivity index is 1.36. The van der Waals surface area contributed by atoms with E-state index in [1.54, 1.807) is 0 Å². The molecule has 0 aliphatic heterocycles. The number of urea groups is 1. The molecule has 1 aliphatic rings. The van der Waals surface area contributed by atoms with Crippen LogP contribution in [0.25, 0.3) is 0 Å². The molecule has 0 saturated heterocycles. The number of carboxylic acid groups (broad SMARTS) is 1. The Hall–Kier alpha value is -4.08. The average molecular weight is 583 g/mol. The Morgan fingerprint density at radius 1 is 0.925 bits per heavy atom. The molecular formula is C29H28Cl2N4O5. The number of aliphatic carboxylic acids is 1. The summed E-state index contributed by atoms with van der Waals surface area (Å²) < 4.78 is 0. The van der Waals surface area contributed by atoms with E-state index in [0.717, 1.165) is 29.5 Å². The zero-order valence-corrected chi connectivity index (χ0v) is 23.1. The topological polar surface area (TPSA) is 137 Å². The zero-order valence-electron chi connectivity index (χ0n) is 21.5. The highest BCUT2D eigenvalue weighted by molar-refractivity contribution is 6.40. The molecule has 0 bridgehead atoms. The van der Waals surface area contributed by atoms with Crippen LogP contribution >= 0.6 is 23.2 Å². The van der Waals surface area contributed by atoms with Gasteiger partial charge >= 0.3 is 12.0 Å². The van der Waals surface area contributed by atoms with Gasteiger partial charge in [0.05, 0.1) is 34.2 Å². The molecule has 0 fully saturated rings. The predicted molar refractivity (Wildman–Crippen MR) is 152 cm³/mol. The van der Waals surface area contributed by atoms with Crippen molar-refractivity contribution in [2.45, 2.75) is 37.9 Å². The van der Waals surface area contributed by atoms with Crippen molar-refractivity contribution in [2.24, 2.45) is 0 Å². The van der Waals surface area contributed by atoms with Gasteiger partial charge in [-0.05, 0) is 48.6 Å². The second kappa shape index (κ2) is 12.8. The number of amides is 4. The second-order valence-corrected chi connectivity index (χ2v) is 10.2. The van der Waals surface area contributed by atoms with Crippen molar-refractivity contribution >= 4 is 47.0 Å². The maximum atomic E-state index is 12.9. The van der Waals surface area contributed by atoms with Gasteiger partial charge in [0, 0.05) is 5.56 Å². The number of benzene rings is 3. The van der Waals surface area contributed by atoms with Gasteiger partial charge in [-0.3, -0.25) is 9.59 Å². The summed E-state index contributed by atoms with van der Waals surface area (Å²) in [5, 5.41) is 19.9. The molecule has 0 saturated carbocycles. The third-order valence-electron chi connectivity index (χ3n) is 6.69. The summed E-state index contributed by atoms with van der Waals surface area (Å²) in [5.41, 5.74) is 3.03. The third-order valence-corrected chi connectivity index (χ3v) is 7.28. The van der Waals surface area contributed by atoms with Gasteiger partial charge in [-0.25, -0.2) is 9.59 Å². The first-order valence-electron chi connectivity index (χ1n) is 12.6. The molecule has 2 unspecified atom stereocenters. The van der Waals surface area contributed by atoms with E-state index < -0.39 is 29.9 Å². The van der Waals surface area contributed by atoms with Crippen LogP contribution in [0, 0.1) is 0 Å². The van der Waals surface area contributed by atoms with Gasteiger partial charge in [0.15, 0.2) is 0 Å². The number of halogens is 2. The van der Waals surface area contributed by atoms with E-state index >= 15 is 0 Å². The molecule has 4 amide bonds. The largest absolute Gasteiger partial charge is 0.480 e. The Morgan fingerprint density at radius 3 is 2.25 bits per heavy atom. The Labute approximate surface area is 241 Å². The summed E-state index contributed by atoms with van der Waals surface area (Å²) in [6.07, 6.45) is 1.57. The molecule has 0 spiro atoms. The highest BCUT2D eigenvalue weighted by Gasteiger charge is 2.27. The SMILES string of the molecule is CC(NC(=O)c1cc(Cl)c(C(=O)NC(CNC(=O)N[C@@H]2CCc3ccccc32)C(=O)O)c(Cl)c1)c1ccccc1. The van der Waals surface area contributed by atoms with Crippen molar-refractivity contribution in [2.75, 3.05) is 6.54 Å². The minimum absolute atomic E-state index is 0.128. The zero-order chi connectivity index (χ0) is 28.8. The predicted octanol–water partition coefficient (Wildman–Crippen LogP) is 4.65. The van der Waals surface area contributed by atoms with E-state index in [0.29, 0.717) is 0 Å². The van der Waals surface area contributed by atoms with Crippen LogP contribution in [0.15, 0.2) is 66.7 Å². The van der Waals surface area contributed by atoms with E-state index in [-0.39, 0.29) is 39.8 Å². The summed E-state index contributed by atoms with van der Waals surface area (Å²) >= 11 is 12.6. The van der Waals surface area contributed by atoms with E-state index in [9.17, 15) is 24.3 Å². The van der Waals surface area contributed by atoms with Crippen LogP contribution in [-0.2, 0) is 11.2 Å². The minimum atomic E-state index is -1.46. The number of hydrogen-bond donors (Lipinski definition) is 5. The van der Waals surface area contributed by atoms with E-state index in [2.05, 4.69) is 21.3 Å². The molecule has 0 heterocycles. The quantitative estimate of drug-likeness (QED) is 0.250. The normalized spacial score (nSPS) is 15.3. The smallest absolute Gasteiger partial charge is 0.328 e. The number of fused-ring (bicyclic) bond motifs is 1. The monoisotopic (exact) mass is 582 g/mol. The number of carbonyl (C=O) groups is 4. The maximum Gasteiger partial charge on any atom is 0.328 e. The van der Waals surface area contributed by atoms with Gasteiger partial charge in [-0.2, -0.15) is 0 Å². The Morgan fingerprint density at radius 2 is 1.57 bits per heavy atom.